The predicted molar refractivity (Wildman–Crippen MR) is 122 cm³/mol. The molecule has 194 valence electrons. The third-order valence-corrected chi connectivity index (χ3v) is 6.34. The van der Waals surface area contributed by atoms with Gasteiger partial charge in [-0.15, -0.1) is 0 Å². The summed E-state index contributed by atoms with van der Waals surface area (Å²) >= 11 is 0. The zero-order valence-electron chi connectivity index (χ0n) is 19.0. The lowest BCUT2D eigenvalue weighted by molar-refractivity contribution is -0.138. The highest BCUT2D eigenvalue weighted by atomic mass is 32.2. The van der Waals surface area contributed by atoms with Crippen LogP contribution in [-0.2, 0) is 16.0 Å². The molecule has 1 amide bonds. The van der Waals surface area contributed by atoms with Crippen molar-refractivity contribution in [2.75, 3.05) is 11.6 Å². The first-order chi connectivity index (χ1) is 17.2. The number of hydrogen-bond donors (Lipinski definition) is 1. The van der Waals surface area contributed by atoms with Gasteiger partial charge in [0.05, 0.1) is 22.3 Å². The van der Waals surface area contributed by atoms with E-state index in [4.69, 9.17) is 4.74 Å². The van der Waals surface area contributed by atoms with Crippen LogP contribution in [0, 0.1) is 6.92 Å². The second-order valence-electron chi connectivity index (χ2n) is 7.95. The van der Waals surface area contributed by atoms with Gasteiger partial charge in [0.25, 0.3) is 6.43 Å². The van der Waals surface area contributed by atoms with Crippen LogP contribution in [0.4, 0.5) is 32.4 Å². The SMILES string of the molecule is Cc1cc(-c2cc(C(F)F)n3ncc(OC(=O)Nc4cccc(S(C)(=O)=O)c4)c3n2)ccc1C(F)(F)F. The summed E-state index contributed by atoms with van der Waals surface area (Å²) in [6.45, 7) is 1.23. The summed E-state index contributed by atoms with van der Waals surface area (Å²) in [5, 5.41) is 6.11. The molecule has 0 saturated heterocycles. The molecule has 0 fully saturated rings. The summed E-state index contributed by atoms with van der Waals surface area (Å²) in [6, 6.07) is 9.40. The molecule has 2 heterocycles. The number of nitrogens with one attached hydrogen (secondary N) is 1. The maximum Gasteiger partial charge on any atom is 0.417 e. The van der Waals surface area contributed by atoms with E-state index in [1.165, 1.54) is 31.2 Å². The summed E-state index contributed by atoms with van der Waals surface area (Å²) in [5.41, 5.74) is -1.80. The molecule has 0 spiro atoms. The number of aryl methyl sites for hydroxylation is 1. The van der Waals surface area contributed by atoms with Crippen LogP contribution in [0.1, 0.15) is 23.2 Å². The first kappa shape index (κ1) is 26.0. The van der Waals surface area contributed by atoms with Gasteiger partial charge >= 0.3 is 12.3 Å². The summed E-state index contributed by atoms with van der Waals surface area (Å²) in [5.74, 6) is -0.316. The van der Waals surface area contributed by atoms with Crippen LogP contribution in [0.3, 0.4) is 0 Å². The topological polar surface area (TPSA) is 103 Å². The van der Waals surface area contributed by atoms with Crippen molar-refractivity contribution >= 4 is 27.3 Å². The molecule has 0 aliphatic rings. The molecule has 1 N–H and O–H groups in total. The van der Waals surface area contributed by atoms with Crippen LogP contribution in [0.2, 0.25) is 0 Å². The number of fused-ring (bicyclic) bond motifs is 1. The average Bonchev–Trinajstić information content (AvgIpc) is 3.19. The molecule has 0 aliphatic heterocycles. The fourth-order valence-corrected chi connectivity index (χ4v) is 4.20. The second-order valence-corrected chi connectivity index (χ2v) is 9.97. The lowest BCUT2D eigenvalue weighted by atomic mass is 10.0. The van der Waals surface area contributed by atoms with Crippen molar-refractivity contribution in [1.82, 2.24) is 14.6 Å². The Morgan fingerprint density at radius 1 is 1.11 bits per heavy atom. The number of amides is 1. The van der Waals surface area contributed by atoms with Crippen LogP contribution in [-0.4, -0.2) is 35.4 Å². The van der Waals surface area contributed by atoms with E-state index in [9.17, 15) is 35.2 Å². The number of alkyl halides is 5. The van der Waals surface area contributed by atoms with Gasteiger partial charge in [-0.2, -0.15) is 18.3 Å². The zero-order chi connectivity index (χ0) is 27.1. The van der Waals surface area contributed by atoms with E-state index in [1.54, 1.807) is 0 Å². The molecule has 0 atom stereocenters. The van der Waals surface area contributed by atoms with Crippen LogP contribution in [0.15, 0.2) is 59.6 Å². The number of aromatic nitrogens is 3. The summed E-state index contributed by atoms with van der Waals surface area (Å²) in [4.78, 5) is 16.6. The van der Waals surface area contributed by atoms with Gasteiger partial charge in [-0.1, -0.05) is 12.1 Å². The Morgan fingerprint density at radius 3 is 2.46 bits per heavy atom. The minimum Gasteiger partial charge on any atom is -0.404 e. The number of ether oxygens (including phenoxy) is 1. The molecule has 0 bridgehead atoms. The number of halogens is 5. The molecule has 14 heteroatoms. The highest BCUT2D eigenvalue weighted by Gasteiger charge is 2.32. The summed E-state index contributed by atoms with van der Waals surface area (Å²) in [7, 11) is -3.55. The predicted octanol–water partition coefficient (Wildman–Crippen LogP) is 5.68. The summed E-state index contributed by atoms with van der Waals surface area (Å²) in [6.07, 6.45) is -6.75. The van der Waals surface area contributed by atoms with Crippen molar-refractivity contribution in [3.05, 3.63) is 71.5 Å². The van der Waals surface area contributed by atoms with Gasteiger partial charge in [-0.3, -0.25) is 5.32 Å². The largest absolute Gasteiger partial charge is 0.417 e. The fraction of sp³-hybridized carbons (Fsp3) is 0.174. The maximum absolute atomic E-state index is 13.8. The quantitative estimate of drug-likeness (QED) is 0.327. The number of anilines is 1. The Kier molecular flexibility index (Phi) is 6.62. The van der Waals surface area contributed by atoms with Gasteiger partial charge in [0.2, 0.25) is 0 Å². The molecule has 0 radical (unpaired) electrons. The molecule has 0 aliphatic carbocycles. The monoisotopic (exact) mass is 540 g/mol. The van der Waals surface area contributed by atoms with Gasteiger partial charge in [0.1, 0.15) is 5.69 Å². The Bertz CT molecular complexity index is 1620. The van der Waals surface area contributed by atoms with Gasteiger partial charge in [0.15, 0.2) is 21.2 Å². The molecule has 8 nitrogen and oxygen atoms in total. The number of nitrogens with zero attached hydrogens (tertiary/aromatic N) is 3. The van der Waals surface area contributed by atoms with Crippen LogP contribution in [0.5, 0.6) is 5.75 Å². The van der Waals surface area contributed by atoms with Crippen molar-refractivity contribution < 1.29 is 39.9 Å². The molecular weight excluding hydrogens is 523 g/mol. The number of hydrogen-bond acceptors (Lipinski definition) is 6. The van der Waals surface area contributed by atoms with Crippen LogP contribution >= 0.6 is 0 Å². The van der Waals surface area contributed by atoms with Crippen molar-refractivity contribution in [2.45, 2.75) is 24.4 Å². The minimum absolute atomic E-state index is 0.0546. The maximum atomic E-state index is 13.8. The molecular formula is C23H17F5N4O4S. The van der Waals surface area contributed by atoms with Crippen molar-refractivity contribution in [3.8, 4) is 17.0 Å². The number of rotatable bonds is 5. The molecule has 2 aromatic heterocycles. The first-order valence-electron chi connectivity index (χ1n) is 10.4. The first-order valence-corrected chi connectivity index (χ1v) is 12.3. The number of benzene rings is 2. The van der Waals surface area contributed by atoms with E-state index in [1.807, 2.05) is 0 Å². The smallest absolute Gasteiger partial charge is 0.404 e. The molecule has 4 rings (SSSR count). The van der Waals surface area contributed by atoms with Crippen LogP contribution in [0.25, 0.3) is 16.9 Å². The standard InChI is InChI=1S/C23H17F5N4O4S/c1-12-8-13(6-7-16(12)23(26,27)28)17-10-18(20(24)25)32-21(31-17)19(11-29-32)36-22(33)30-14-4-3-5-15(9-14)37(2,34)35/h3-11,20H,1-2H3,(H,30,33). The highest BCUT2D eigenvalue weighted by molar-refractivity contribution is 7.90. The van der Waals surface area contributed by atoms with Crippen molar-refractivity contribution in [2.24, 2.45) is 0 Å². The van der Waals surface area contributed by atoms with Crippen LogP contribution < -0.4 is 10.1 Å². The van der Waals surface area contributed by atoms with E-state index in [0.717, 1.165) is 41.2 Å². The number of carbonyl (C=O) groups excluding carboxylic acids is 1. The average molecular weight is 540 g/mol. The van der Waals surface area contributed by atoms with Gasteiger partial charge in [0, 0.05) is 17.5 Å². The van der Waals surface area contributed by atoms with E-state index >= 15 is 0 Å². The van der Waals surface area contributed by atoms with Crippen molar-refractivity contribution in [3.63, 3.8) is 0 Å². The number of sulfone groups is 1. The normalized spacial score (nSPS) is 12.2. The van der Waals surface area contributed by atoms with Crippen molar-refractivity contribution in [1.29, 1.82) is 0 Å². The third-order valence-electron chi connectivity index (χ3n) is 5.23. The Hall–Kier alpha value is -4.07. The van der Waals surface area contributed by atoms with E-state index in [0.29, 0.717) is 0 Å². The molecule has 4 aromatic rings. The molecule has 2 aromatic carbocycles. The molecule has 0 unspecified atom stereocenters. The Labute approximate surface area is 206 Å². The molecule has 37 heavy (non-hydrogen) atoms. The molecule has 0 saturated carbocycles. The van der Waals surface area contributed by atoms with E-state index < -0.39 is 39.8 Å². The fourth-order valence-electron chi connectivity index (χ4n) is 3.53. The van der Waals surface area contributed by atoms with E-state index in [2.05, 4.69) is 15.4 Å². The number of carbonyl (C=O) groups is 1. The zero-order valence-corrected chi connectivity index (χ0v) is 19.9. The highest BCUT2D eigenvalue weighted by Crippen LogP contribution is 2.35. The van der Waals surface area contributed by atoms with Gasteiger partial charge in [-0.25, -0.2) is 31.5 Å². The van der Waals surface area contributed by atoms with E-state index in [-0.39, 0.29) is 38.8 Å². The van der Waals surface area contributed by atoms with Gasteiger partial charge < -0.3 is 4.74 Å². The lowest BCUT2D eigenvalue weighted by Crippen LogP contribution is -2.17. The Morgan fingerprint density at radius 2 is 1.84 bits per heavy atom. The van der Waals surface area contributed by atoms with Gasteiger partial charge in [-0.05, 0) is 48.9 Å². The third kappa shape index (κ3) is 5.53. The lowest BCUT2D eigenvalue weighted by Gasteiger charge is -2.13. The second kappa shape index (κ2) is 9.42. The minimum atomic E-state index is -4.59. The Balaban J connectivity index is 1.69. The summed E-state index contributed by atoms with van der Waals surface area (Å²) < 4.78 is 96.3.